The molecule has 0 spiro atoms. The smallest absolute Gasteiger partial charge is 0.269 e. The summed E-state index contributed by atoms with van der Waals surface area (Å²) in [4.78, 5) is 18.0. The van der Waals surface area contributed by atoms with E-state index in [1.807, 2.05) is 24.3 Å². The van der Waals surface area contributed by atoms with E-state index in [1.54, 1.807) is 12.3 Å². The van der Waals surface area contributed by atoms with Gasteiger partial charge in [0.15, 0.2) is 5.13 Å². The topological polar surface area (TPSA) is 77.0 Å². The van der Waals surface area contributed by atoms with Crippen molar-refractivity contribution < 1.29 is 0 Å². The van der Waals surface area contributed by atoms with Crippen molar-refractivity contribution in [3.05, 3.63) is 33.7 Å². The molecule has 0 amide bonds. The Hall–Kier alpha value is -1.89. The van der Waals surface area contributed by atoms with Crippen molar-refractivity contribution in [2.24, 2.45) is 0 Å². The van der Waals surface area contributed by atoms with Crippen molar-refractivity contribution in [3.63, 3.8) is 0 Å². The van der Waals surface area contributed by atoms with Gasteiger partial charge in [-0.2, -0.15) is 5.10 Å². The summed E-state index contributed by atoms with van der Waals surface area (Å²) < 4.78 is 1.38. The van der Waals surface area contributed by atoms with Crippen LogP contribution >= 0.6 is 11.3 Å². The van der Waals surface area contributed by atoms with E-state index in [0.29, 0.717) is 11.7 Å². The first-order valence-corrected chi connectivity index (χ1v) is 6.46. The molecule has 0 radical (unpaired) electrons. The van der Waals surface area contributed by atoms with Gasteiger partial charge in [0.05, 0.1) is 24.1 Å². The first-order valence-electron chi connectivity index (χ1n) is 5.58. The number of hydrogen-bond donors (Lipinski definition) is 1. The molecule has 0 aliphatic heterocycles. The van der Waals surface area contributed by atoms with Gasteiger partial charge in [-0.15, -0.1) is 11.3 Å². The summed E-state index contributed by atoms with van der Waals surface area (Å²) in [6.45, 7) is 3.19. The summed E-state index contributed by atoms with van der Waals surface area (Å²) in [5.41, 5.74) is 6.98. The zero-order valence-electron chi connectivity index (χ0n) is 10.3. The van der Waals surface area contributed by atoms with Crippen LogP contribution in [0.4, 0.5) is 10.8 Å². The van der Waals surface area contributed by atoms with Crippen LogP contribution in [-0.2, 0) is 6.54 Å². The van der Waals surface area contributed by atoms with Gasteiger partial charge in [-0.25, -0.2) is 9.67 Å². The van der Waals surface area contributed by atoms with Crippen LogP contribution in [-0.4, -0.2) is 28.4 Å². The fraction of sp³-hybridized carbons (Fsp3) is 0.364. The maximum absolute atomic E-state index is 11.9. The van der Waals surface area contributed by atoms with E-state index in [4.69, 9.17) is 5.73 Å². The van der Waals surface area contributed by atoms with Gasteiger partial charge in [0.2, 0.25) is 0 Å². The molecule has 96 valence electrons. The Morgan fingerprint density at radius 3 is 2.89 bits per heavy atom. The second kappa shape index (κ2) is 5.18. The van der Waals surface area contributed by atoms with Crippen LogP contribution in [0.1, 0.15) is 12.6 Å². The fourth-order valence-corrected chi connectivity index (χ4v) is 2.04. The zero-order chi connectivity index (χ0) is 13.1. The van der Waals surface area contributed by atoms with E-state index in [0.717, 1.165) is 17.9 Å². The molecule has 2 N–H and O–H groups in total. The number of hydrogen-bond acceptors (Lipinski definition) is 6. The highest BCUT2D eigenvalue weighted by Gasteiger charge is 2.05. The van der Waals surface area contributed by atoms with Crippen LogP contribution in [0.15, 0.2) is 22.4 Å². The molecule has 0 aliphatic rings. The number of rotatable bonds is 4. The maximum Gasteiger partial charge on any atom is 0.269 e. The van der Waals surface area contributed by atoms with E-state index >= 15 is 0 Å². The van der Waals surface area contributed by atoms with E-state index in [2.05, 4.69) is 10.1 Å². The van der Waals surface area contributed by atoms with Gasteiger partial charge in [-0.05, 0) is 6.92 Å². The van der Waals surface area contributed by atoms with Crippen LogP contribution in [0.3, 0.4) is 0 Å². The molecule has 7 heteroatoms. The van der Waals surface area contributed by atoms with Gasteiger partial charge in [0.1, 0.15) is 0 Å². The molecule has 0 bridgehead atoms. The normalized spacial score (nSPS) is 10.6. The molecule has 2 heterocycles. The van der Waals surface area contributed by atoms with Crippen molar-refractivity contribution in [1.29, 1.82) is 0 Å². The van der Waals surface area contributed by atoms with Gasteiger partial charge in [-0.1, -0.05) is 0 Å². The maximum atomic E-state index is 11.9. The quantitative estimate of drug-likeness (QED) is 0.884. The summed E-state index contributed by atoms with van der Waals surface area (Å²) in [5, 5.41) is 6.47. The zero-order valence-corrected chi connectivity index (χ0v) is 11.1. The number of nitrogens with two attached hydrogens (primary N) is 1. The van der Waals surface area contributed by atoms with Crippen molar-refractivity contribution in [2.75, 3.05) is 24.2 Å². The summed E-state index contributed by atoms with van der Waals surface area (Å²) >= 11 is 1.36. The number of nitrogen functional groups attached to an aromatic ring is 1. The molecule has 2 aromatic rings. The minimum absolute atomic E-state index is 0.139. The first kappa shape index (κ1) is 12.6. The van der Waals surface area contributed by atoms with E-state index in [-0.39, 0.29) is 5.56 Å². The third-order valence-corrected chi connectivity index (χ3v) is 3.37. The Morgan fingerprint density at radius 1 is 1.56 bits per heavy atom. The van der Waals surface area contributed by atoms with Crippen molar-refractivity contribution >= 4 is 22.2 Å². The van der Waals surface area contributed by atoms with E-state index in [1.165, 1.54) is 16.0 Å². The monoisotopic (exact) mass is 265 g/mol. The lowest BCUT2D eigenvalue weighted by molar-refractivity contribution is 0.629. The Morgan fingerprint density at radius 2 is 2.33 bits per heavy atom. The van der Waals surface area contributed by atoms with Crippen molar-refractivity contribution in [3.8, 4) is 0 Å². The number of thiazole rings is 1. The standard InChI is InChI=1S/C11H15N5OS/c1-3-15(2)9-4-10(17)16(13-5-9)6-8-7-18-11(12)14-8/h4-5,7H,3,6H2,1-2H3,(H2,12,14). The average Bonchev–Trinajstić information content (AvgIpc) is 2.76. The Kier molecular flexibility index (Phi) is 3.61. The van der Waals surface area contributed by atoms with Crippen molar-refractivity contribution in [1.82, 2.24) is 14.8 Å². The fourth-order valence-electron chi connectivity index (χ4n) is 1.48. The van der Waals surface area contributed by atoms with Gasteiger partial charge in [0, 0.05) is 25.0 Å². The molecule has 2 rings (SSSR count). The highest BCUT2D eigenvalue weighted by molar-refractivity contribution is 7.13. The highest BCUT2D eigenvalue weighted by Crippen LogP contribution is 2.11. The lowest BCUT2D eigenvalue weighted by Crippen LogP contribution is -2.26. The summed E-state index contributed by atoms with van der Waals surface area (Å²) in [5.74, 6) is 0. The molecule has 0 aromatic carbocycles. The molecule has 6 nitrogen and oxygen atoms in total. The lowest BCUT2D eigenvalue weighted by Gasteiger charge is -2.16. The van der Waals surface area contributed by atoms with Crippen LogP contribution in [0.25, 0.3) is 0 Å². The molecule has 0 aliphatic carbocycles. The average molecular weight is 265 g/mol. The van der Waals surface area contributed by atoms with Crippen molar-refractivity contribution in [2.45, 2.75) is 13.5 Å². The predicted molar refractivity (Wildman–Crippen MR) is 73.1 cm³/mol. The van der Waals surface area contributed by atoms with Gasteiger partial charge >= 0.3 is 0 Å². The number of aromatic nitrogens is 3. The number of anilines is 2. The minimum atomic E-state index is -0.139. The summed E-state index contributed by atoms with van der Waals surface area (Å²) in [6, 6.07) is 1.58. The minimum Gasteiger partial charge on any atom is -0.375 e. The molecule has 0 atom stereocenters. The van der Waals surface area contributed by atoms with Crippen LogP contribution < -0.4 is 16.2 Å². The summed E-state index contributed by atoms with van der Waals surface area (Å²) in [6.07, 6.45) is 1.68. The second-order valence-corrected chi connectivity index (χ2v) is 4.79. The second-order valence-electron chi connectivity index (χ2n) is 3.90. The SMILES string of the molecule is CCN(C)c1cnn(Cc2csc(N)n2)c(=O)c1. The molecule has 2 aromatic heterocycles. The molecule has 0 unspecified atom stereocenters. The molecule has 0 saturated heterocycles. The van der Waals surface area contributed by atoms with Crippen LogP contribution in [0, 0.1) is 0 Å². The van der Waals surface area contributed by atoms with Crippen LogP contribution in [0.2, 0.25) is 0 Å². The Labute approximate surface area is 109 Å². The largest absolute Gasteiger partial charge is 0.375 e. The summed E-state index contributed by atoms with van der Waals surface area (Å²) in [7, 11) is 1.92. The van der Waals surface area contributed by atoms with Crippen LogP contribution in [0.5, 0.6) is 0 Å². The lowest BCUT2D eigenvalue weighted by atomic mass is 10.4. The van der Waals surface area contributed by atoms with E-state index < -0.39 is 0 Å². The highest BCUT2D eigenvalue weighted by atomic mass is 32.1. The Bertz CT molecular complexity index is 591. The van der Waals surface area contributed by atoms with Gasteiger partial charge in [-0.3, -0.25) is 4.79 Å². The third kappa shape index (κ3) is 2.67. The Balaban J connectivity index is 2.22. The van der Waals surface area contributed by atoms with Gasteiger partial charge < -0.3 is 10.6 Å². The molecule has 0 fully saturated rings. The third-order valence-electron chi connectivity index (χ3n) is 2.65. The molecular formula is C11H15N5OS. The molecular weight excluding hydrogens is 250 g/mol. The predicted octanol–water partition coefficient (Wildman–Crippen LogP) is 0.786. The molecule has 0 saturated carbocycles. The molecule has 18 heavy (non-hydrogen) atoms. The number of nitrogens with zero attached hydrogens (tertiary/aromatic N) is 4. The van der Waals surface area contributed by atoms with Gasteiger partial charge in [0.25, 0.3) is 5.56 Å². The first-order chi connectivity index (χ1) is 8.60. The van der Waals surface area contributed by atoms with E-state index in [9.17, 15) is 4.79 Å².